The minimum absolute atomic E-state index is 0.00313. The van der Waals surface area contributed by atoms with E-state index in [4.69, 9.17) is 42.1 Å². The molecule has 19 nitrogen and oxygen atoms in total. The molecule has 3 aromatic carbocycles. The second-order valence-corrected chi connectivity index (χ2v) is 23.6. The molecule has 9 aliphatic rings. The molecule has 3 aromatic rings. The van der Waals surface area contributed by atoms with E-state index < -0.39 is 76.1 Å². The van der Waals surface area contributed by atoms with Crippen LogP contribution in [0.1, 0.15) is 141 Å². The Morgan fingerprint density at radius 3 is 2.09 bits per heavy atom. The molecule has 0 aromatic heterocycles. The summed E-state index contributed by atoms with van der Waals surface area (Å²) in [4.78, 5) is 110. The van der Waals surface area contributed by atoms with Gasteiger partial charge in [0.05, 0.1) is 48.6 Å². The molecule has 8 amide bonds. The number of likely N-dealkylation sites (N-methyl/N-ethyl adjacent to an activating group) is 1. The van der Waals surface area contributed by atoms with Gasteiger partial charge in [0.2, 0.25) is 29.5 Å². The van der Waals surface area contributed by atoms with Crippen molar-refractivity contribution in [3.8, 4) is 16.9 Å². The summed E-state index contributed by atoms with van der Waals surface area (Å²) in [5.74, 6) is -3.53. The molecule has 4 heterocycles. The van der Waals surface area contributed by atoms with Crippen molar-refractivity contribution in [3.05, 3.63) is 80.8 Å². The number of hydrogen-bond acceptors (Lipinski definition) is 13. The van der Waals surface area contributed by atoms with Crippen LogP contribution in [0.25, 0.3) is 11.1 Å². The van der Waals surface area contributed by atoms with Gasteiger partial charge in [0.15, 0.2) is 6.61 Å². The summed E-state index contributed by atoms with van der Waals surface area (Å²) >= 11 is 14.1. The highest BCUT2D eigenvalue weighted by molar-refractivity contribution is 6.37. The first-order chi connectivity index (χ1) is 38.7. The lowest BCUT2D eigenvalue weighted by Gasteiger charge is -2.53. The maximum Gasteiger partial charge on any atom is 0.266 e. The Morgan fingerprint density at radius 2 is 1.40 bits per heavy atom. The smallest absolute Gasteiger partial charge is 0.266 e. The largest absolute Gasteiger partial charge is 0.483 e. The lowest BCUT2D eigenvalue weighted by Crippen LogP contribution is -2.63. The number of imide groups is 2. The van der Waals surface area contributed by atoms with Gasteiger partial charge < -0.3 is 40.2 Å². The van der Waals surface area contributed by atoms with Crippen LogP contribution in [0.3, 0.4) is 0 Å². The second kappa shape index (κ2) is 22.8. The van der Waals surface area contributed by atoms with E-state index in [0.29, 0.717) is 121 Å². The van der Waals surface area contributed by atoms with E-state index in [1.54, 1.807) is 0 Å². The van der Waals surface area contributed by atoms with Crippen LogP contribution in [0, 0.1) is 5.41 Å². The molecule has 426 valence electrons. The van der Waals surface area contributed by atoms with Crippen LogP contribution in [-0.4, -0.2) is 146 Å². The molecule has 6 fully saturated rings. The lowest BCUT2D eigenvalue weighted by atomic mass is 9.55. The first kappa shape index (κ1) is 55.9. The summed E-state index contributed by atoms with van der Waals surface area (Å²) in [5, 5.41) is 16.0. The van der Waals surface area contributed by atoms with E-state index >= 15 is 9.59 Å². The number of carbonyl (C=O) groups is 8. The van der Waals surface area contributed by atoms with E-state index in [1.165, 1.54) is 18.2 Å². The van der Waals surface area contributed by atoms with E-state index in [2.05, 4.69) is 44.5 Å². The zero-order valence-corrected chi connectivity index (χ0v) is 46.6. The first-order valence-corrected chi connectivity index (χ1v) is 29.2. The standard InChI is InChI=1S/C59H69Cl2N7O12/c1-2-67-49(48-35-10-6-12-39(60)46(35)37-32-38-41(33-40(37)61)64-55(76)59(38,48)58(67)16-4-3-5-17-58)51(72)66-57-21-18-56(19-22-57,20-23-57)54(75)63-25-9-27-78-29-31-79-30-28-77-26-8-24-62-45(70)34-80-43-13-7-11-36-47(43)53(74)68(52(36)73)42-14-15-44(69)65-50(42)71/h6-7,10-13,32-33,42,48-49H,2-5,8-9,14-31,34H2,1H3,(H,62,70)(H,63,75)(H,64,76)(H,66,72)(H,65,69,71)/t42?,48-,49+,56?,57?,59+/m0/s1. The predicted molar refractivity (Wildman–Crippen MR) is 294 cm³/mol. The summed E-state index contributed by atoms with van der Waals surface area (Å²) in [7, 11) is 0. The Kier molecular flexibility index (Phi) is 15.9. The highest BCUT2D eigenvalue weighted by atomic mass is 35.5. The van der Waals surface area contributed by atoms with Crippen LogP contribution in [0.4, 0.5) is 5.69 Å². The molecule has 5 aliphatic carbocycles. The Balaban J connectivity index is 0.574. The maximum atomic E-state index is 15.5. The van der Waals surface area contributed by atoms with Gasteiger partial charge in [0.1, 0.15) is 17.2 Å². The highest BCUT2D eigenvalue weighted by Crippen LogP contribution is 2.69. The predicted octanol–water partition coefficient (Wildman–Crippen LogP) is 6.11. The molecule has 5 N–H and O–H groups in total. The average Bonchev–Trinajstić information content (AvgIpc) is 3.90. The van der Waals surface area contributed by atoms with E-state index in [9.17, 15) is 28.8 Å². The summed E-state index contributed by atoms with van der Waals surface area (Å²) in [6.45, 7) is 5.47. The fourth-order valence-electron chi connectivity index (χ4n) is 15.0. The van der Waals surface area contributed by atoms with Crippen LogP contribution < -0.4 is 31.3 Å². The number of fused-ring (bicyclic) bond motifs is 8. The molecule has 21 heteroatoms. The Labute approximate surface area is 474 Å². The number of piperidine rings is 1. The van der Waals surface area contributed by atoms with Crippen molar-refractivity contribution in [1.82, 2.24) is 31.1 Å². The molecular weight excluding hydrogens is 1070 g/mol. The molecular formula is C59H69Cl2N7O12. The number of ether oxygens (including phenoxy) is 4. The number of halogens is 2. The monoisotopic (exact) mass is 1140 g/mol. The molecule has 2 spiro atoms. The molecule has 80 heavy (non-hydrogen) atoms. The number of nitrogens with zero attached hydrogens (tertiary/aromatic N) is 2. The van der Waals surface area contributed by atoms with E-state index in [1.807, 2.05) is 24.3 Å². The summed E-state index contributed by atoms with van der Waals surface area (Å²) in [6, 6.07) is 12.5. The number of amides is 8. The molecule has 0 radical (unpaired) electrons. The normalized spacial score (nSPS) is 26.8. The summed E-state index contributed by atoms with van der Waals surface area (Å²) in [6.07, 6.45) is 9.98. The molecule has 4 bridgehead atoms. The van der Waals surface area contributed by atoms with Gasteiger partial charge in [-0.3, -0.25) is 53.5 Å². The zero-order chi connectivity index (χ0) is 56.0. The highest BCUT2D eigenvalue weighted by Gasteiger charge is 2.76. The molecule has 4 atom stereocenters. The topological polar surface area (TPSA) is 240 Å². The van der Waals surface area contributed by atoms with Crippen LogP contribution in [0.2, 0.25) is 10.0 Å². The van der Waals surface area contributed by atoms with Gasteiger partial charge in [-0.05, 0) is 119 Å². The lowest BCUT2D eigenvalue weighted by molar-refractivity contribution is -0.141. The Hall–Kier alpha value is -5.96. The van der Waals surface area contributed by atoms with Crippen LogP contribution in [-0.2, 0) is 48.4 Å². The van der Waals surface area contributed by atoms with Crippen molar-refractivity contribution in [2.45, 2.75) is 138 Å². The van der Waals surface area contributed by atoms with Gasteiger partial charge in [-0.25, -0.2) is 0 Å². The number of anilines is 1. The van der Waals surface area contributed by atoms with Crippen molar-refractivity contribution in [1.29, 1.82) is 0 Å². The summed E-state index contributed by atoms with van der Waals surface area (Å²) in [5.41, 5.74) is 1.60. The van der Waals surface area contributed by atoms with E-state index in [-0.39, 0.29) is 47.4 Å². The molecule has 4 saturated carbocycles. The maximum absolute atomic E-state index is 15.5. The molecule has 1 unspecified atom stereocenters. The zero-order valence-electron chi connectivity index (χ0n) is 45.1. The quantitative estimate of drug-likeness (QED) is 0.0565. The van der Waals surface area contributed by atoms with Gasteiger partial charge >= 0.3 is 0 Å². The third-order valence-corrected chi connectivity index (χ3v) is 19.3. The van der Waals surface area contributed by atoms with Gasteiger partial charge in [-0.15, -0.1) is 0 Å². The van der Waals surface area contributed by atoms with Gasteiger partial charge in [0.25, 0.3) is 17.7 Å². The number of nitrogens with one attached hydrogen (secondary N) is 5. The number of hydrogen-bond donors (Lipinski definition) is 5. The molecule has 4 aliphatic heterocycles. The average molecular weight is 1140 g/mol. The number of likely N-dealkylation sites (tertiary alicyclic amines) is 1. The third kappa shape index (κ3) is 9.56. The minimum atomic E-state index is -1.11. The SMILES string of the molecule is CCN1[C@@H](C(=O)NC23CCC(C(=O)NCCCOCCOCCOCCCNC(=O)COc4cccc5c4C(=O)N(C4CCC(=O)NC4=O)C5=O)(CC2)CC3)[C@@H]2c3cccc(Cl)c3-c3cc4c(cc3Cl)NC(=O)[C@@]42C12CCCCC2. The third-order valence-electron chi connectivity index (χ3n) is 18.7. The Bertz CT molecular complexity index is 3000. The van der Waals surface area contributed by atoms with Gasteiger partial charge in [-0.2, -0.15) is 0 Å². The first-order valence-electron chi connectivity index (χ1n) is 28.5. The summed E-state index contributed by atoms with van der Waals surface area (Å²) < 4.78 is 22.7. The number of rotatable bonds is 22. The van der Waals surface area contributed by atoms with Crippen molar-refractivity contribution in [2.75, 3.05) is 71.2 Å². The van der Waals surface area contributed by atoms with Crippen LogP contribution >= 0.6 is 23.2 Å². The number of carbonyl (C=O) groups excluding carboxylic acids is 8. The van der Waals surface area contributed by atoms with Crippen LogP contribution in [0.15, 0.2) is 48.5 Å². The van der Waals surface area contributed by atoms with Gasteiger partial charge in [0, 0.05) is 77.0 Å². The molecule has 2 saturated heterocycles. The van der Waals surface area contributed by atoms with Crippen molar-refractivity contribution in [3.63, 3.8) is 0 Å². The number of benzene rings is 3. The second-order valence-electron chi connectivity index (χ2n) is 22.8. The van der Waals surface area contributed by atoms with Crippen LogP contribution in [0.5, 0.6) is 5.75 Å². The Morgan fingerprint density at radius 1 is 0.725 bits per heavy atom. The van der Waals surface area contributed by atoms with Crippen molar-refractivity contribution >= 4 is 76.1 Å². The van der Waals surface area contributed by atoms with Crippen molar-refractivity contribution < 1.29 is 57.3 Å². The van der Waals surface area contributed by atoms with Crippen molar-refractivity contribution in [2.24, 2.45) is 5.41 Å². The fourth-order valence-corrected chi connectivity index (χ4v) is 15.5. The molecule has 12 rings (SSSR count). The van der Waals surface area contributed by atoms with E-state index in [0.717, 1.165) is 64.9 Å². The minimum Gasteiger partial charge on any atom is -0.483 e. The fraction of sp³-hybridized carbons (Fsp3) is 0.559. The van der Waals surface area contributed by atoms with Gasteiger partial charge in [-0.1, -0.05) is 67.6 Å².